The van der Waals surface area contributed by atoms with Crippen molar-refractivity contribution >= 4 is 20.8 Å². The molecule has 4 rings (SSSR count). The third-order valence-electron chi connectivity index (χ3n) is 4.68. The summed E-state index contributed by atoms with van der Waals surface area (Å²) in [5.41, 5.74) is 3.28. The van der Waals surface area contributed by atoms with E-state index in [2.05, 4.69) is 43.8 Å². The number of fused-ring (bicyclic) bond motifs is 1. The second-order valence-electron chi connectivity index (χ2n) is 6.75. The van der Waals surface area contributed by atoms with Gasteiger partial charge in [0.2, 0.25) is 0 Å². The molecule has 9 heteroatoms. The van der Waals surface area contributed by atoms with Gasteiger partial charge in [-0.15, -0.1) is 0 Å². The summed E-state index contributed by atoms with van der Waals surface area (Å²) in [4.78, 5) is 23.7. The first-order valence-electron chi connectivity index (χ1n) is 9.36. The minimum absolute atomic E-state index is 0.208. The Labute approximate surface area is 165 Å². The Morgan fingerprint density at radius 3 is 2.68 bits per heavy atom. The zero-order valence-electron chi connectivity index (χ0n) is 15.9. The van der Waals surface area contributed by atoms with Gasteiger partial charge >= 0.3 is 11.7 Å². The van der Waals surface area contributed by atoms with E-state index >= 15 is 0 Å². The Hall–Kier alpha value is -2.49. The average Bonchev–Trinajstić information content (AvgIpc) is 3.32. The first-order valence-corrected chi connectivity index (χ1v) is 10.5. The summed E-state index contributed by atoms with van der Waals surface area (Å²) in [5, 5.41) is 0. The van der Waals surface area contributed by atoms with Crippen LogP contribution >= 0.6 is 0 Å². The van der Waals surface area contributed by atoms with Crippen molar-refractivity contribution in [2.24, 2.45) is 0 Å². The lowest BCUT2D eigenvalue weighted by molar-refractivity contribution is 0.141. The molecular weight excluding hydrogens is 374 g/mol. The molecule has 0 amide bonds. The van der Waals surface area contributed by atoms with Gasteiger partial charge in [-0.05, 0) is 30.1 Å². The summed E-state index contributed by atoms with van der Waals surface area (Å²) in [6.45, 7) is 3.45. The molecule has 8 nitrogen and oxygen atoms in total. The Morgan fingerprint density at radius 1 is 1.18 bits per heavy atom. The second-order valence-corrected chi connectivity index (χ2v) is 8.20. The molecule has 0 bridgehead atoms. The summed E-state index contributed by atoms with van der Waals surface area (Å²) in [6, 6.07) is 10.0. The zero-order chi connectivity index (χ0) is 19.3. The van der Waals surface area contributed by atoms with Crippen LogP contribution in [-0.4, -0.2) is 60.6 Å². The predicted octanol–water partition coefficient (Wildman–Crippen LogP) is 1.44. The zero-order valence-corrected chi connectivity index (χ0v) is 16.9. The third kappa shape index (κ3) is 4.32. The molecule has 3 aromatic rings. The molecule has 0 unspecified atom stereocenters. The van der Waals surface area contributed by atoms with E-state index in [4.69, 9.17) is 9.47 Å². The Balaban J connectivity index is 1.50. The van der Waals surface area contributed by atoms with E-state index in [0.717, 1.165) is 21.8 Å². The van der Waals surface area contributed by atoms with Crippen molar-refractivity contribution in [3.63, 3.8) is 0 Å². The number of nitrogens with one attached hydrogen (secondary N) is 1. The highest BCUT2D eigenvalue weighted by Gasteiger charge is 2.14. The maximum atomic E-state index is 12.4. The number of benzene rings is 1. The molecule has 28 heavy (non-hydrogen) atoms. The van der Waals surface area contributed by atoms with Gasteiger partial charge in [-0.2, -0.15) is 4.98 Å². The Kier molecular flexibility index (Phi) is 5.84. The molecule has 1 aliphatic rings. The number of ether oxygens (including phenoxy) is 2. The molecule has 1 fully saturated rings. The second kappa shape index (κ2) is 8.68. The standard InChI is InChI=1S/C19H23N5O3Si/c1-26-8-9-27-18-20-11-16-17(22-18)24(19(25)21-16)13-15-5-3-14(4-6-15)12-23-7-2-10-28-23/h3-6,11H,2,7-10,12-13H2,1H3,(H,21,25). The number of aromatic amines is 1. The smallest absolute Gasteiger partial charge is 0.328 e. The van der Waals surface area contributed by atoms with E-state index in [0.29, 0.717) is 30.9 Å². The lowest BCUT2D eigenvalue weighted by Gasteiger charge is -2.14. The van der Waals surface area contributed by atoms with Crippen molar-refractivity contribution in [2.75, 3.05) is 26.9 Å². The highest BCUT2D eigenvalue weighted by atomic mass is 28.2. The fourth-order valence-corrected chi connectivity index (χ4v) is 4.48. The molecule has 2 aromatic heterocycles. The van der Waals surface area contributed by atoms with Crippen molar-refractivity contribution in [1.82, 2.24) is 24.1 Å². The molecular formula is C19H23N5O3Si. The molecule has 0 atom stereocenters. The monoisotopic (exact) mass is 397 g/mol. The molecule has 146 valence electrons. The van der Waals surface area contributed by atoms with Crippen LogP contribution < -0.4 is 10.4 Å². The lowest BCUT2D eigenvalue weighted by Crippen LogP contribution is -2.21. The summed E-state index contributed by atoms with van der Waals surface area (Å²) in [6.07, 6.45) is 2.88. The van der Waals surface area contributed by atoms with Crippen LogP contribution in [-0.2, 0) is 17.8 Å². The number of imidazole rings is 1. The van der Waals surface area contributed by atoms with E-state index in [9.17, 15) is 4.79 Å². The van der Waals surface area contributed by atoms with Gasteiger partial charge in [-0.25, -0.2) is 9.78 Å². The molecule has 1 aliphatic heterocycles. The molecule has 1 saturated heterocycles. The average molecular weight is 398 g/mol. The van der Waals surface area contributed by atoms with Crippen LogP contribution in [0.2, 0.25) is 6.04 Å². The molecule has 2 radical (unpaired) electrons. The van der Waals surface area contributed by atoms with E-state index in [1.54, 1.807) is 17.9 Å². The Bertz CT molecular complexity index is 979. The van der Waals surface area contributed by atoms with Gasteiger partial charge in [0.15, 0.2) is 5.65 Å². The van der Waals surface area contributed by atoms with Crippen LogP contribution in [0.4, 0.5) is 0 Å². The predicted molar refractivity (Wildman–Crippen MR) is 107 cm³/mol. The van der Waals surface area contributed by atoms with Crippen molar-refractivity contribution < 1.29 is 9.47 Å². The normalized spacial score (nSPS) is 14.8. The third-order valence-corrected chi connectivity index (χ3v) is 6.09. The minimum Gasteiger partial charge on any atom is -0.461 e. The van der Waals surface area contributed by atoms with E-state index in [-0.39, 0.29) is 11.7 Å². The SMILES string of the molecule is COCCOc1ncc2[nH]c(=O)n(Cc3ccc(CN4CCC[Si]4)cc3)c2n1. The van der Waals surface area contributed by atoms with Gasteiger partial charge < -0.3 is 19.0 Å². The number of nitrogens with zero attached hydrogens (tertiary/aromatic N) is 4. The summed E-state index contributed by atoms with van der Waals surface area (Å²) < 4.78 is 14.5. The van der Waals surface area contributed by atoms with E-state index in [1.165, 1.54) is 24.6 Å². The molecule has 0 aliphatic carbocycles. The van der Waals surface area contributed by atoms with Gasteiger partial charge in [0.05, 0.1) is 19.3 Å². The van der Waals surface area contributed by atoms with Crippen molar-refractivity contribution in [2.45, 2.75) is 25.6 Å². The number of H-pyrrole nitrogens is 1. The molecule has 1 aromatic carbocycles. The molecule has 3 heterocycles. The van der Waals surface area contributed by atoms with E-state index in [1.807, 2.05) is 0 Å². The highest BCUT2D eigenvalue weighted by molar-refractivity contribution is 6.32. The van der Waals surface area contributed by atoms with Crippen LogP contribution in [0, 0.1) is 0 Å². The number of methoxy groups -OCH3 is 1. The van der Waals surface area contributed by atoms with Gasteiger partial charge in [0, 0.05) is 13.7 Å². The van der Waals surface area contributed by atoms with E-state index < -0.39 is 0 Å². The van der Waals surface area contributed by atoms with Crippen LogP contribution in [0.1, 0.15) is 17.5 Å². The van der Waals surface area contributed by atoms with Crippen LogP contribution in [0.3, 0.4) is 0 Å². The maximum absolute atomic E-state index is 12.4. The van der Waals surface area contributed by atoms with Crippen molar-refractivity contribution in [1.29, 1.82) is 0 Å². The van der Waals surface area contributed by atoms with Crippen LogP contribution in [0.15, 0.2) is 35.3 Å². The number of aromatic nitrogens is 4. The quantitative estimate of drug-likeness (QED) is 0.457. The van der Waals surface area contributed by atoms with Gasteiger partial charge in [-0.1, -0.05) is 24.3 Å². The number of hydrogen-bond donors (Lipinski definition) is 1. The van der Waals surface area contributed by atoms with Crippen LogP contribution in [0.25, 0.3) is 11.2 Å². The van der Waals surface area contributed by atoms with Gasteiger partial charge in [-0.3, -0.25) is 4.57 Å². The van der Waals surface area contributed by atoms with Crippen molar-refractivity contribution in [3.05, 3.63) is 52.1 Å². The number of hydrogen-bond acceptors (Lipinski definition) is 6. The summed E-state index contributed by atoms with van der Waals surface area (Å²) in [7, 11) is 2.54. The Morgan fingerprint density at radius 2 is 1.96 bits per heavy atom. The van der Waals surface area contributed by atoms with Gasteiger partial charge in [0.1, 0.15) is 21.8 Å². The fourth-order valence-electron chi connectivity index (χ4n) is 3.24. The van der Waals surface area contributed by atoms with Crippen molar-refractivity contribution in [3.8, 4) is 6.01 Å². The summed E-state index contributed by atoms with van der Waals surface area (Å²) in [5.74, 6) is 0. The molecule has 1 N–H and O–H groups in total. The highest BCUT2D eigenvalue weighted by Crippen LogP contribution is 2.15. The number of rotatable bonds is 8. The van der Waals surface area contributed by atoms with Crippen LogP contribution in [0.5, 0.6) is 6.01 Å². The summed E-state index contributed by atoms with van der Waals surface area (Å²) >= 11 is 0. The topological polar surface area (TPSA) is 85.3 Å². The maximum Gasteiger partial charge on any atom is 0.328 e. The fraction of sp³-hybridized carbons (Fsp3) is 0.421. The first-order chi connectivity index (χ1) is 13.7. The largest absolute Gasteiger partial charge is 0.461 e. The minimum atomic E-state index is -0.208. The molecule has 0 saturated carbocycles. The first kappa shape index (κ1) is 18.9. The van der Waals surface area contributed by atoms with Gasteiger partial charge in [0.25, 0.3) is 0 Å². The lowest BCUT2D eigenvalue weighted by atomic mass is 10.1. The molecule has 0 spiro atoms.